The van der Waals surface area contributed by atoms with Crippen LogP contribution in [0.4, 0.5) is 0 Å². The van der Waals surface area contributed by atoms with E-state index in [4.69, 9.17) is 0 Å². The lowest BCUT2D eigenvalue weighted by atomic mass is 9.89. The maximum Gasteiger partial charge on any atom is 0.328 e. The summed E-state index contributed by atoms with van der Waals surface area (Å²) in [7, 11) is -3.70. The van der Waals surface area contributed by atoms with E-state index in [1.807, 2.05) is 6.92 Å². The van der Waals surface area contributed by atoms with E-state index < -0.39 is 21.3 Å². The summed E-state index contributed by atoms with van der Waals surface area (Å²) in [4.78, 5) is 27.1. The molecule has 0 unspecified atom stereocenters. The maximum absolute atomic E-state index is 12.6. The summed E-state index contributed by atoms with van der Waals surface area (Å²) in [5.41, 5.74) is -0.882. The Labute approximate surface area is 157 Å². The Morgan fingerprint density at radius 3 is 2.56 bits per heavy atom. The molecule has 0 radical (unpaired) electrons. The van der Waals surface area contributed by atoms with Crippen molar-refractivity contribution in [3.8, 4) is 0 Å². The largest absolute Gasteiger partial charge is 0.328 e. The first-order valence-corrected chi connectivity index (χ1v) is 11.1. The molecule has 146 valence electrons. The fourth-order valence-electron chi connectivity index (χ4n) is 3.92. The second kappa shape index (κ2) is 6.60. The van der Waals surface area contributed by atoms with Crippen LogP contribution < -0.4 is 16.0 Å². The predicted octanol–water partition coefficient (Wildman–Crippen LogP) is 2.10. The van der Waals surface area contributed by atoms with Gasteiger partial charge in [0.15, 0.2) is 0 Å². The van der Waals surface area contributed by atoms with Gasteiger partial charge in [-0.1, -0.05) is 19.3 Å². The van der Waals surface area contributed by atoms with Crippen LogP contribution in [0, 0.1) is 5.92 Å². The summed E-state index contributed by atoms with van der Waals surface area (Å²) in [6.07, 6.45) is 7.30. The molecule has 0 amide bonds. The summed E-state index contributed by atoms with van der Waals surface area (Å²) in [6.45, 7) is 2.41. The monoisotopic (exact) mass is 391 g/mol. The minimum absolute atomic E-state index is 0.0523. The fourth-order valence-corrected chi connectivity index (χ4v) is 5.41. The van der Waals surface area contributed by atoms with Gasteiger partial charge in [0, 0.05) is 12.1 Å². The van der Waals surface area contributed by atoms with Crippen molar-refractivity contribution in [3.05, 3.63) is 39.0 Å². The van der Waals surface area contributed by atoms with Crippen molar-refractivity contribution in [2.75, 3.05) is 0 Å². The zero-order valence-electron chi connectivity index (χ0n) is 15.5. The van der Waals surface area contributed by atoms with Crippen LogP contribution in [0.1, 0.15) is 51.9 Å². The summed E-state index contributed by atoms with van der Waals surface area (Å²) >= 11 is 0. The van der Waals surface area contributed by atoms with Gasteiger partial charge < -0.3 is 0 Å². The van der Waals surface area contributed by atoms with Gasteiger partial charge in [-0.05, 0) is 56.7 Å². The highest BCUT2D eigenvalue weighted by Crippen LogP contribution is 2.36. The van der Waals surface area contributed by atoms with Crippen LogP contribution in [0.2, 0.25) is 0 Å². The Morgan fingerprint density at radius 1 is 1.19 bits per heavy atom. The van der Waals surface area contributed by atoms with Crippen LogP contribution in [0.5, 0.6) is 0 Å². The zero-order valence-corrected chi connectivity index (χ0v) is 16.3. The number of fused-ring (bicyclic) bond motifs is 1. The molecule has 0 saturated heterocycles. The van der Waals surface area contributed by atoms with E-state index in [2.05, 4.69) is 9.71 Å². The van der Waals surface area contributed by atoms with E-state index in [1.54, 1.807) is 10.6 Å². The summed E-state index contributed by atoms with van der Waals surface area (Å²) in [6, 6.07) is 4.43. The normalized spacial score (nSPS) is 20.0. The lowest BCUT2D eigenvalue weighted by molar-refractivity contribution is 0.318. The Balaban J connectivity index is 1.75. The average Bonchev–Trinajstić information content (AvgIpc) is 3.35. The van der Waals surface area contributed by atoms with Crippen LogP contribution >= 0.6 is 0 Å². The smallest absolute Gasteiger partial charge is 0.293 e. The Bertz CT molecular complexity index is 1090. The number of aromatic amines is 1. The first-order valence-electron chi connectivity index (χ1n) is 9.58. The minimum atomic E-state index is -3.70. The van der Waals surface area contributed by atoms with Gasteiger partial charge in [0.2, 0.25) is 10.0 Å². The second-order valence-corrected chi connectivity index (χ2v) is 9.90. The van der Waals surface area contributed by atoms with Gasteiger partial charge in [-0.15, -0.1) is 0 Å². The molecule has 1 aromatic carbocycles. The number of nitrogens with zero attached hydrogens (tertiary/aromatic N) is 1. The molecule has 0 atom stereocenters. The molecule has 2 aliphatic carbocycles. The maximum atomic E-state index is 12.6. The van der Waals surface area contributed by atoms with Crippen LogP contribution in [-0.2, 0) is 16.6 Å². The lowest BCUT2D eigenvalue weighted by Gasteiger charge is -2.23. The minimum Gasteiger partial charge on any atom is -0.293 e. The quantitative estimate of drug-likeness (QED) is 0.815. The third kappa shape index (κ3) is 3.73. The van der Waals surface area contributed by atoms with Crippen molar-refractivity contribution in [1.29, 1.82) is 0 Å². The molecular weight excluding hydrogens is 366 g/mol. The number of rotatable bonds is 5. The van der Waals surface area contributed by atoms with E-state index in [-0.39, 0.29) is 15.8 Å². The SMILES string of the molecule is CC1(NS(=O)(=O)c2ccc3c(c2)c(=O)[nH]c(=O)n3CC2CCCCC2)CC1. The molecule has 0 bridgehead atoms. The predicted molar refractivity (Wildman–Crippen MR) is 103 cm³/mol. The second-order valence-electron chi connectivity index (χ2n) is 8.22. The van der Waals surface area contributed by atoms with Crippen LogP contribution in [-0.4, -0.2) is 23.5 Å². The Morgan fingerprint density at radius 2 is 1.89 bits per heavy atom. The van der Waals surface area contributed by atoms with Crippen molar-refractivity contribution >= 4 is 20.9 Å². The molecule has 1 aromatic heterocycles. The van der Waals surface area contributed by atoms with Crippen molar-refractivity contribution in [2.45, 2.75) is 68.8 Å². The van der Waals surface area contributed by atoms with Crippen molar-refractivity contribution in [3.63, 3.8) is 0 Å². The van der Waals surface area contributed by atoms with Gasteiger partial charge in [0.25, 0.3) is 5.56 Å². The van der Waals surface area contributed by atoms with E-state index in [1.165, 1.54) is 18.6 Å². The van der Waals surface area contributed by atoms with E-state index in [0.29, 0.717) is 18.0 Å². The van der Waals surface area contributed by atoms with Crippen LogP contribution in [0.3, 0.4) is 0 Å². The first kappa shape index (κ1) is 18.4. The van der Waals surface area contributed by atoms with E-state index in [9.17, 15) is 18.0 Å². The number of benzene rings is 1. The first-order chi connectivity index (χ1) is 12.8. The number of nitrogens with one attached hydrogen (secondary N) is 2. The number of sulfonamides is 1. The summed E-state index contributed by atoms with van der Waals surface area (Å²) in [5, 5.41) is 0.231. The molecule has 1 heterocycles. The number of H-pyrrole nitrogens is 1. The van der Waals surface area contributed by atoms with Gasteiger partial charge in [-0.2, -0.15) is 0 Å². The van der Waals surface area contributed by atoms with E-state index in [0.717, 1.165) is 38.5 Å². The lowest BCUT2D eigenvalue weighted by Crippen LogP contribution is -2.35. The molecule has 2 aromatic rings. The van der Waals surface area contributed by atoms with Gasteiger partial charge in [0.05, 0.1) is 15.8 Å². The van der Waals surface area contributed by atoms with E-state index >= 15 is 0 Å². The topological polar surface area (TPSA) is 101 Å². The average molecular weight is 391 g/mol. The Kier molecular flexibility index (Phi) is 4.50. The highest BCUT2D eigenvalue weighted by Gasteiger charge is 2.41. The van der Waals surface area contributed by atoms with Crippen molar-refractivity contribution < 1.29 is 8.42 Å². The molecule has 0 aliphatic heterocycles. The highest BCUT2D eigenvalue weighted by atomic mass is 32.2. The fraction of sp³-hybridized carbons (Fsp3) is 0.579. The molecule has 27 heavy (non-hydrogen) atoms. The van der Waals surface area contributed by atoms with Gasteiger partial charge in [-0.25, -0.2) is 17.9 Å². The summed E-state index contributed by atoms with van der Waals surface area (Å²) < 4.78 is 29.5. The third-order valence-electron chi connectivity index (χ3n) is 5.83. The molecule has 7 nitrogen and oxygen atoms in total. The number of hydrogen-bond acceptors (Lipinski definition) is 4. The molecule has 2 saturated carbocycles. The third-order valence-corrected chi connectivity index (χ3v) is 7.46. The van der Waals surface area contributed by atoms with Crippen LogP contribution in [0.25, 0.3) is 10.9 Å². The van der Waals surface area contributed by atoms with Gasteiger partial charge in [-0.3, -0.25) is 14.3 Å². The zero-order chi connectivity index (χ0) is 19.2. The molecule has 2 N–H and O–H groups in total. The molecule has 2 fully saturated rings. The molecule has 0 spiro atoms. The molecule has 8 heteroatoms. The molecule has 2 aliphatic rings. The highest BCUT2D eigenvalue weighted by molar-refractivity contribution is 7.89. The molecular formula is C19H25N3O4S. The summed E-state index contributed by atoms with van der Waals surface area (Å²) in [5.74, 6) is 0.408. The standard InChI is InChI=1S/C19H25N3O4S/c1-19(9-10-19)21-27(25,26)14-7-8-16-15(11-14)17(23)20-18(24)22(16)12-13-5-3-2-4-6-13/h7-8,11,13,21H,2-6,9-10,12H2,1H3,(H,20,23,24). The Hall–Kier alpha value is -1.93. The van der Waals surface area contributed by atoms with Crippen molar-refractivity contribution in [1.82, 2.24) is 14.3 Å². The van der Waals surface area contributed by atoms with Gasteiger partial charge in [0.1, 0.15) is 0 Å². The van der Waals surface area contributed by atoms with Crippen molar-refractivity contribution in [2.24, 2.45) is 5.92 Å². The number of hydrogen-bond donors (Lipinski definition) is 2. The van der Waals surface area contributed by atoms with Crippen LogP contribution in [0.15, 0.2) is 32.7 Å². The molecule has 4 rings (SSSR count). The van der Waals surface area contributed by atoms with Gasteiger partial charge >= 0.3 is 5.69 Å². The number of aromatic nitrogens is 2.